The topological polar surface area (TPSA) is 26.3 Å². The molecule has 0 aliphatic heterocycles. The largest absolute Gasteiger partial charge is 0.465 e. The van der Waals surface area contributed by atoms with Gasteiger partial charge in [0.1, 0.15) is 0 Å². The molecule has 0 saturated heterocycles. The summed E-state index contributed by atoms with van der Waals surface area (Å²) >= 11 is 0. The SMILES string of the molecule is CC(C)CC(C)(C(=O)OCCC1CCC1)C(C)(C)C. The van der Waals surface area contributed by atoms with E-state index in [0.717, 1.165) is 18.8 Å². The van der Waals surface area contributed by atoms with Crippen LogP contribution in [-0.2, 0) is 9.53 Å². The number of rotatable bonds is 6. The highest BCUT2D eigenvalue weighted by Crippen LogP contribution is 2.44. The Kier molecular flexibility index (Phi) is 5.46. The number of hydrogen-bond acceptors (Lipinski definition) is 2. The van der Waals surface area contributed by atoms with Crippen molar-refractivity contribution in [1.82, 2.24) is 0 Å². The maximum Gasteiger partial charge on any atom is 0.312 e. The van der Waals surface area contributed by atoms with Gasteiger partial charge in [-0.05, 0) is 37.0 Å². The minimum atomic E-state index is -0.388. The summed E-state index contributed by atoms with van der Waals surface area (Å²) in [6.07, 6.45) is 5.93. The molecule has 112 valence electrons. The van der Waals surface area contributed by atoms with Crippen LogP contribution < -0.4 is 0 Å². The van der Waals surface area contributed by atoms with Gasteiger partial charge in [-0.25, -0.2) is 0 Å². The van der Waals surface area contributed by atoms with E-state index in [-0.39, 0.29) is 16.8 Å². The maximum atomic E-state index is 12.5. The molecule has 1 fully saturated rings. The van der Waals surface area contributed by atoms with Crippen molar-refractivity contribution in [3.63, 3.8) is 0 Å². The van der Waals surface area contributed by atoms with Crippen molar-refractivity contribution >= 4 is 5.97 Å². The quantitative estimate of drug-likeness (QED) is 0.646. The van der Waals surface area contributed by atoms with Gasteiger partial charge in [0.2, 0.25) is 0 Å². The molecule has 0 spiro atoms. The minimum Gasteiger partial charge on any atom is -0.465 e. The van der Waals surface area contributed by atoms with Crippen molar-refractivity contribution in [2.45, 2.75) is 73.6 Å². The summed E-state index contributed by atoms with van der Waals surface area (Å²) in [4.78, 5) is 12.5. The number of carbonyl (C=O) groups is 1. The molecule has 2 nitrogen and oxygen atoms in total. The molecule has 0 aromatic carbocycles. The Morgan fingerprint density at radius 1 is 1.21 bits per heavy atom. The van der Waals surface area contributed by atoms with Gasteiger partial charge in [-0.15, -0.1) is 0 Å². The normalized spacial score (nSPS) is 19.9. The van der Waals surface area contributed by atoms with Gasteiger partial charge in [0.05, 0.1) is 12.0 Å². The number of hydrogen-bond donors (Lipinski definition) is 0. The van der Waals surface area contributed by atoms with Gasteiger partial charge in [0.25, 0.3) is 0 Å². The van der Waals surface area contributed by atoms with Crippen LogP contribution in [0.1, 0.15) is 73.6 Å². The van der Waals surface area contributed by atoms with Crippen LogP contribution in [0.4, 0.5) is 0 Å². The van der Waals surface area contributed by atoms with Gasteiger partial charge in [-0.1, -0.05) is 53.9 Å². The molecule has 0 radical (unpaired) electrons. The lowest BCUT2D eigenvalue weighted by molar-refractivity contribution is -0.164. The number of ether oxygens (including phenoxy) is 1. The predicted octanol–water partition coefficient (Wildman–Crippen LogP) is 4.82. The summed E-state index contributed by atoms with van der Waals surface area (Å²) in [7, 11) is 0. The molecule has 0 bridgehead atoms. The van der Waals surface area contributed by atoms with Gasteiger partial charge < -0.3 is 4.74 Å². The van der Waals surface area contributed by atoms with Crippen LogP contribution in [0.15, 0.2) is 0 Å². The fourth-order valence-electron chi connectivity index (χ4n) is 2.77. The van der Waals surface area contributed by atoms with Crippen LogP contribution >= 0.6 is 0 Å². The van der Waals surface area contributed by atoms with E-state index >= 15 is 0 Å². The zero-order valence-corrected chi connectivity index (χ0v) is 13.7. The molecule has 1 aliphatic rings. The van der Waals surface area contributed by atoms with E-state index in [2.05, 4.69) is 41.5 Å². The van der Waals surface area contributed by atoms with Crippen LogP contribution in [0.2, 0.25) is 0 Å². The smallest absolute Gasteiger partial charge is 0.312 e. The van der Waals surface area contributed by atoms with Gasteiger partial charge in [0, 0.05) is 0 Å². The summed E-state index contributed by atoms with van der Waals surface area (Å²) < 4.78 is 5.60. The third kappa shape index (κ3) is 4.22. The van der Waals surface area contributed by atoms with E-state index in [1.54, 1.807) is 0 Å². The predicted molar refractivity (Wildman–Crippen MR) is 79.9 cm³/mol. The Hall–Kier alpha value is -0.530. The molecular weight excluding hydrogens is 236 g/mol. The molecule has 0 heterocycles. The second-order valence-corrected chi connectivity index (χ2v) is 7.90. The van der Waals surface area contributed by atoms with Crippen LogP contribution in [-0.4, -0.2) is 12.6 Å². The Balaban J connectivity index is 2.55. The first-order valence-corrected chi connectivity index (χ1v) is 7.84. The monoisotopic (exact) mass is 268 g/mol. The molecule has 1 rings (SSSR count). The first-order valence-electron chi connectivity index (χ1n) is 7.84. The number of esters is 1. The van der Waals surface area contributed by atoms with Gasteiger partial charge in [-0.2, -0.15) is 0 Å². The van der Waals surface area contributed by atoms with Crippen LogP contribution in [0.5, 0.6) is 0 Å². The molecule has 1 aliphatic carbocycles. The van der Waals surface area contributed by atoms with Crippen molar-refractivity contribution in [3.8, 4) is 0 Å². The maximum absolute atomic E-state index is 12.5. The summed E-state index contributed by atoms with van der Waals surface area (Å²) in [5, 5.41) is 0. The van der Waals surface area contributed by atoms with E-state index in [1.807, 2.05) is 0 Å². The molecule has 1 unspecified atom stereocenters. The van der Waals surface area contributed by atoms with Crippen molar-refractivity contribution in [2.75, 3.05) is 6.61 Å². The first kappa shape index (κ1) is 16.5. The summed E-state index contributed by atoms with van der Waals surface area (Å²) in [5.41, 5.74) is -0.453. The first-order chi connectivity index (χ1) is 8.67. The van der Waals surface area contributed by atoms with E-state index in [0.29, 0.717) is 12.5 Å². The summed E-state index contributed by atoms with van der Waals surface area (Å²) in [6.45, 7) is 13.4. The zero-order chi connectivity index (χ0) is 14.7. The Morgan fingerprint density at radius 2 is 1.79 bits per heavy atom. The van der Waals surface area contributed by atoms with Crippen LogP contribution in [0, 0.1) is 22.7 Å². The van der Waals surface area contributed by atoms with Crippen LogP contribution in [0.3, 0.4) is 0 Å². The van der Waals surface area contributed by atoms with Gasteiger partial charge in [-0.3, -0.25) is 4.79 Å². The molecule has 0 aromatic heterocycles. The molecular formula is C17H32O2. The van der Waals surface area contributed by atoms with E-state index in [1.165, 1.54) is 19.3 Å². The summed E-state index contributed by atoms with van der Waals surface area (Å²) in [6, 6.07) is 0. The van der Waals surface area contributed by atoms with Crippen molar-refractivity contribution < 1.29 is 9.53 Å². The standard InChI is InChI=1S/C17H32O2/c1-13(2)12-17(6,16(3,4)5)15(18)19-11-10-14-8-7-9-14/h13-14H,7-12H2,1-6H3. The minimum absolute atomic E-state index is 0.00646. The van der Waals surface area contributed by atoms with E-state index in [9.17, 15) is 4.79 Å². The van der Waals surface area contributed by atoms with Crippen molar-refractivity contribution in [1.29, 1.82) is 0 Å². The fraction of sp³-hybridized carbons (Fsp3) is 0.941. The third-order valence-electron chi connectivity index (χ3n) is 4.91. The molecule has 19 heavy (non-hydrogen) atoms. The lowest BCUT2D eigenvalue weighted by Gasteiger charge is -2.41. The number of carbonyl (C=O) groups excluding carboxylic acids is 1. The lowest BCUT2D eigenvalue weighted by atomic mass is 9.64. The highest BCUT2D eigenvalue weighted by atomic mass is 16.5. The van der Waals surface area contributed by atoms with Gasteiger partial charge in [0.15, 0.2) is 0 Å². The molecule has 1 atom stereocenters. The highest BCUT2D eigenvalue weighted by molar-refractivity contribution is 5.77. The summed E-state index contributed by atoms with van der Waals surface area (Å²) in [5.74, 6) is 1.30. The van der Waals surface area contributed by atoms with Gasteiger partial charge >= 0.3 is 5.97 Å². The average Bonchev–Trinajstić information content (AvgIpc) is 2.18. The zero-order valence-electron chi connectivity index (χ0n) is 13.7. The third-order valence-corrected chi connectivity index (χ3v) is 4.91. The second-order valence-electron chi connectivity index (χ2n) is 7.90. The molecule has 0 N–H and O–H groups in total. The van der Waals surface area contributed by atoms with Crippen molar-refractivity contribution in [3.05, 3.63) is 0 Å². The van der Waals surface area contributed by atoms with E-state index < -0.39 is 0 Å². The molecule has 1 saturated carbocycles. The van der Waals surface area contributed by atoms with E-state index in [4.69, 9.17) is 4.74 Å². The highest BCUT2D eigenvalue weighted by Gasteiger charge is 2.45. The Bertz CT molecular complexity index is 297. The second kappa shape index (κ2) is 6.28. The Morgan fingerprint density at radius 3 is 2.16 bits per heavy atom. The van der Waals surface area contributed by atoms with Crippen molar-refractivity contribution in [2.24, 2.45) is 22.7 Å². The molecule has 2 heteroatoms. The average molecular weight is 268 g/mol. The lowest BCUT2D eigenvalue weighted by Crippen LogP contribution is -2.43. The fourth-order valence-corrected chi connectivity index (χ4v) is 2.77. The Labute approximate surface area is 119 Å². The molecule has 0 aromatic rings. The molecule has 0 amide bonds. The van der Waals surface area contributed by atoms with Crippen LogP contribution in [0.25, 0.3) is 0 Å².